The van der Waals surface area contributed by atoms with Crippen molar-refractivity contribution in [1.82, 2.24) is 9.80 Å². The third kappa shape index (κ3) is 8.17. The summed E-state index contributed by atoms with van der Waals surface area (Å²) >= 11 is 0. The first-order chi connectivity index (χ1) is 19.5. The highest BCUT2D eigenvalue weighted by molar-refractivity contribution is 5.79. The summed E-state index contributed by atoms with van der Waals surface area (Å²) < 4.78 is 10.2. The molecule has 4 rings (SSSR count). The molecule has 0 spiro atoms. The molecule has 14 heteroatoms. The first-order valence-electron chi connectivity index (χ1n) is 14.8. The lowest BCUT2D eigenvalue weighted by Gasteiger charge is -2.43. The maximum Gasteiger partial charge on any atom is 0.223 e. The lowest BCUT2D eigenvalue weighted by Crippen LogP contribution is -2.64. The Morgan fingerprint density at radius 2 is 1.24 bits per heavy atom. The first kappa shape index (κ1) is 35.0. The van der Waals surface area contributed by atoms with Gasteiger partial charge in [-0.2, -0.15) is 0 Å². The van der Waals surface area contributed by atoms with Gasteiger partial charge in [-0.1, -0.05) is 27.7 Å². The highest BCUT2D eigenvalue weighted by Crippen LogP contribution is 2.33. The van der Waals surface area contributed by atoms with Gasteiger partial charge in [0.05, 0.1) is 26.3 Å². The average Bonchev–Trinajstić information content (AvgIpc) is 3.48. The van der Waals surface area contributed by atoms with Gasteiger partial charge in [-0.15, -0.1) is 0 Å². The van der Waals surface area contributed by atoms with Crippen LogP contribution >= 0.6 is 0 Å². The third-order valence-electron chi connectivity index (χ3n) is 8.42. The number of rotatable bonds is 9. The zero-order valence-corrected chi connectivity index (χ0v) is 24.9. The fraction of sp³-hybridized carbons (Fsp3) is 0.929. The Morgan fingerprint density at radius 3 is 1.67 bits per heavy atom. The van der Waals surface area contributed by atoms with Crippen molar-refractivity contribution in [2.24, 2.45) is 23.7 Å². The molecule has 14 nitrogen and oxygen atoms in total. The number of aliphatic hydroxyl groups is 8. The van der Waals surface area contributed by atoms with Gasteiger partial charge < -0.3 is 60.1 Å². The second-order valence-electron chi connectivity index (χ2n) is 13.2. The molecule has 42 heavy (non-hydrogen) atoms. The molecule has 4 aliphatic rings. The van der Waals surface area contributed by atoms with E-state index in [-0.39, 0.29) is 43.3 Å². The molecule has 4 saturated heterocycles. The van der Waals surface area contributed by atoms with E-state index in [9.17, 15) is 45.3 Å². The van der Waals surface area contributed by atoms with Crippen LogP contribution in [0.2, 0.25) is 0 Å². The summed E-state index contributed by atoms with van der Waals surface area (Å²) in [6, 6.07) is 0. The molecule has 8 N–H and O–H groups in total. The number of carbonyl (C=O) groups excluding carboxylic acids is 2. The molecule has 0 aromatic heterocycles. The van der Waals surface area contributed by atoms with Crippen molar-refractivity contribution in [2.45, 2.75) is 102 Å². The standard InChI is InChI=1S/2C14H25NO6/c1-8(2)3-9-4-11(17)15(5-9)7-14(20)13(19)12(18)10(16)6-21-14;1-8(2)3-9-4-11(17)15(5-9)7-14(20)13(19)12(18)10(6-16)21-14/h2*8-10,12-13,16,18-20H,3-7H2,1-2H3/t2*9-,10?,12?,13?,14?/m11/s1. The van der Waals surface area contributed by atoms with Gasteiger partial charge in [0.15, 0.2) is 0 Å². The fourth-order valence-corrected chi connectivity index (χ4v) is 6.39. The van der Waals surface area contributed by atoms with Crippen LogP contribution in [0.4, 0.5) is 0 Å². The van der Waals surface area contributed by atoms with Gasteiger partial charge in [0.1, 0.15) is 36.6 Å². The molecule has 0 radical (unpaired) electrons. The second kappa shape index (κ2) is 14.1. The van der Waals surface area contributed by atoms with Gasteiger partial charge in [0.25, 0.3) is 0 Å². The summed E-state index contributed by atoms with van der Waals surface area (Å²) in [6.07, 6.45) is -5.66. The van der Waals surface area contributed by atoms with E-state index in [1.807, 2.05) is 0 Å². The van der Waals surface area contributed by atoms with Crippen LogP contribution in [-0.4, -0.2) is 150 Å². The number of amides is 2. The van der Waals surface area contributed by atoms with Gasteiger partial charge in [0, 0.05) is 25.9 Å². The van der Waals surface area contributed by atoms with E-state index in [2.05, 4.69) is 27.7 Å². The summed E-state index contributed by atoms with van der Waals surface area (Å²) in [6.45, 7) is 8.18. The summed E-state index contributed by atoms with van der Waals surface area (Å²) in [5.41, 5.74) is 0. The molecule has 0 saturated carbocycles. The molecule has 10 atom stereocenters. The minimum Gasteiger partial charge on any atom is -0.394 e. The Balaban J connectivity index is 0.000000230. The molecule has 0 aromatic rings. The van der Waals surface area contributed by atoms with Crippen molar-refractivity contribution in [3.8, 4) is 0 Å². The summed E-state index contributed by atoms with van der Waals surface area (Å²) in [5.74, 6) is -2.82. The van der Waals surface area contributed by atoms with E-state index < -0.39 is 54.8 Å². The smallest absolute Gasteiger partial charge is 0.223 e. The Kier molecular flexibility index (Phi) is 11.8. The number of nitrogens with zero attached hydrogens (tertiary/aromatic N) is 2. The van der Waals surface area contributed by atoms with E-state index in [4.69, 9.17) is 14.6 Å². The lowest BCUT2D eigenvalue weighted by atomic mass is 9.96. The first-order valence-corrected chi connectivity index (χ1v) is 14.8. The molecular weight excluding hydrogens is 556 g/mol. The van der Waals surface area contributed by atoms with E-state index in [1.54, 1.807) is 0 Å². The van der Waals surface area contributed by atoms with Gasteiger partial charge in [-0.3, -0.25) is 9.59 Å². The molecule has 244 valence electrons. The predicted molar refractivity (Wildman–Crippen MR) is 146 cm³/mol. The Morgan fingerprint density at radius 1 is 0.786 bits per heavy atom. The van der Waals surface area contributed by atoms with Crippen LogP contribution in [0.15, 0.2) is 0 Å². The van der Waals surface area contributed by atoms with E-state index in [1.165, 1.54) is 9.80 Å². The molecule has 0 aromatic carbocycles. The molecule has 4 fully saturated rings. The molecule has 4 heterocycles. The number of hydrogen-bond donors (Lipinski definition) is 8. The minimum atomic E-state index is -2.04. The highest BCUT2D eigenvalue weighted by atomic mass is 16.7. The van der Waals surface area contributed by atoms with Crippen molar-refractivity contribution in [3.63, 3.8) is 0 Å². The molecule has 0 bridgehead atoms. The summed E-state index contributed by atoms with van der Waals surface area (Å²) in [7, 11) is 0. The number of hydrogen-bond acceptors (Lipinski definition) is 12. The number of β-amino-alcohol motifs (C(OH)–C–C–N with tert-alkyl or cyclic N) is 2. The number of likely N-dealkylation sites (tertiary alicyclic amines) is 2. The normalized spacial score (nSPS) is 40.8. The number of ether oxygens (including phenoxy) is 2. The van der Waals surface area contributed by atoms with Crippen LogP contribution in [-0.2, 0) is 19.1 Å². The largest absolute Gasteiger partial charge is 0.394 e. The molecular formula is C28H50N2O12. The highest BCUT2D eigenvalue weighted by Gasteiger charge is 2.55. The van der Waals surface area contributed by atoms with Gasteiger partial charge in [-0.25, -0.2) is 0 Å². The zero-order chi connectivity index (χ0) is 31.6. The molecule has 4 aliphatic heterocycles. The monoisotopic (exact) mass is 606 g/mol. The molecule has 0 aliphatic carbocycles. The average molecular weight is 607 g/mol. The topological polar surface area (TPSA) is 221 Å². The van der Waals surface area contributed by atoms with Crippen LogP contribution in [0.3, 0.4) is 0 Å². The zero-order valence-electron chi connectivity index (χ0n) is 24.9. The van der Waals surface area contributed by atoms with Crippen LogP contribution in [0, 0.1) is 23.7 Å². The molecule has 8 unspecified atom stereocenters. The minimum absolute atomic E-state index is 0.0909. The van der Waals surface area contributed by atoms with Crippen LogP contribution < -0.4 is 0 Å². The predicted octanol–water partition coefficient (Wildman–Crippen LogP) is -2.63. The van der Waals surface area contributed by atoms with Crippen LogP contribution in [0.25, 0.3) is 0 Å². The quantitative estimate of drug-likeness (QED) is 0.135. The van der Waals surface area contributed by atoms with E-state index in [0.717, 1.165) is 12.8 Å². The van der Waals surface area contributed by atoms with Crippen molar-refractivity contribution < 1.29 is 59.9 Å². The van der Waals surface area contributed by atoms with E-state index in [0.29, 0.717) is 37.8 Å². The van der Waals surface area contributed by atoms with E-state index >= 15 is 0 Å². The van der Waals surface area contributed by atoms with Crippen LogP contribution in [0.5, 0.6) is 0 Å². The van der Waals surface area contributed by atoms with Gasteiger partial charge in [0.2, 0.25) is 23.4 Å². The maximum absolute atomic E-state index is 12.0. The maximum atomic E-state index is 12.0. The number of carbonyl (C=O) groups is 2. The van der Waals surface area contributed by atoms with Crippen molar-refractivity contribution in [3.05, 3.63) is 0 Å². The Bertz CT molecular complexity index is 883. The van der Waals surface area contributed by atoms with Crippen molar-refractivity contribution in [1.29, 1.82) is 0 Å². The van der Waals surface area contributed by atoms with Crippen molar-refractivity contribution in [2.75, 3.05) is 39.4 Å². The fourth-order valence-electron chi connectivity index (χ4n) is 6.39. The van der Waals surface area contributed by atoms with Crippen LogP contribution in [0.1, 0.15) is 53.4 Å². The summed E-state index contributed by atoms with van der Waals surface area (Å²) in [4.78, 5) is 26.9. The lowest BCUT2D eigenvalue weighted by molar-refractivity contribution is -0.323. The second-order valence-corrected chi connectivity index (χ2v) is 13.2. The summed E-state index contributed by atoms with van der Waals surface area (Å²) in [5, 5.41) is 78.3. The molecule has 2 amide bonds. The third-order valence-corrected chi connectivity index (χ3v) is 8.42. The number of aliphatic hydroxyl groups excluding tert-OH is 6. The Hall–Kier alpha value is -1.46. The Labute approximate surface area is 246 Å². The van der Waals surface area contributed by atoms with Crippen molar-refractivity contribution >= 4 is 11.8 Å². The SMILES string of the molecule is CC(C)C[C@@H]1CC(=O)N(CC2(O)OC(CO)C(O)C2O)C1.CC(C)C[C@@H]1CC(=O)N(CC2(O)OCC(O)C(O)C2O)C1. The van der Waals surface area contributed by atoms with Gasteiger partial charge in [-0.05, 0) is 36.5 Å². The van der Waals surface area contributed by atoms with Gasteiger partial charge >= 0.3 is 0 Å².